The molecule has 0 aliphatic carbocycles. The largest absolute Gasteiger partial charge is 0.497 e. The maximum atomic E-state index is 13.5. The van der Waals surface area contributed by atoms with Gasteiger partial charge in [-0.25, -0.2) is 0 Å². The summed E-state index contributed by atoms with van der Waals surface area (Å²) < 4.78 is 22.6. The lowest BCUT2D eigenvalue weighted by molar-refractivity contribution is -0.177. The highest BCUT2D eigenvalue weighted by Gasteiger charge is 2.47. The monoisotopic (exact) mass is 460 g/mol. The Bertz CT molecular complexity index is 790. The summed E-state index contributed by atoms with van der Waals surface area (Å²) in [6.45, 7) is 6.95. The van der Waals surface area contributed by atoms with Gasteiger partial charge in [-0.05, 0) is 56.9 Å². The van der Waals surface area contributed by atoms with Crippen LogP contribution in [0.5, 0.6) is 5.75 Å². The lowest BCUT2D eigenvalue weighted by atomic mass is 9.73. The van der Waals surface area contributed by atoms with E-state index in [1.54, 1.807) is 7.11 Å². The zero-order valence-corrected chi connectivity index (χ0v) is 20.5. The van der Waals surface area contributed by atoms with Gasteiger partial charge in [-0.2, -0.15) is 12.6 Å². The molecule has 2 aromatic rings. The molecule has 5 nitrogen and oxygen atoms in total. The first kappa shape index (κ1) is 26.2. The summed E-state index contributed by atoms with van der Waals surface area (Å²) in [7, 11) is 1.64. The van der Waals surface area contributed by atoms with Crippen molar-refractivity contribution in [2.24, 2.45) is 5.41 Å². The fraction of sp³-hybridized carbons (Fsp3) is 0.500. The van der Waals surface area contributed by atoms with Crippen LogP contribution in [0.2, 0.25) is 0 Å². The standard InChI is InChI=1S/C26H36O5S/c1-5-29-24(30-6-2)19-26(25(27)31-7-3,18-21-11-9-8-10-12-21)23(32)17-20-13-15-22(28-4)16-14-20/h8-16,23-24,32H,5-7,17-19H2,1-4H3. The van der Waals surface area contributed by atoms with Crippen LogP contribution in [0, 0.1) is 5.41 Å². The van der Waals surface area contributed by atoms with E-state index in [-0.39, 0.29) is 11.2 Å². The van der Waals surface area contributed by atoms with Crippen molar-refractivity contribution in [1.29, 1.82) is 0 Å². The first-order valence-corrected chi connectivity index (χ1v) is 11.8. The van der Waals surface area contributed by atoms with E-state index in [0.29, 0.717) is 39.1 Å². The summed E-state index contributed by atoms with van der Waals surface area (Å²) in [6, 6.07) is 17.8. The van der Waals surface area contributed by atoms with Crippen LogP contribution >= 0.6 is 12.6 Å². The molecule has 0 saturated carbocycles. The third-order valence-corrected chi connectivity index (χ3v) is 6.18. The molecular weight excluding hydrogens is 424 g/mol. The van der Waals surface area contributed by atoms with Gasteiger partial charge in [0, 0.05) is 24.9 Å². The topological polar surface area (TPSA) is 54.0 Å². The van der Waals surface area contributed by atoms with Crippen molar-refractivity contribution < 1.29 is 23.7 Å². The third-order valence-electron chi connectivity index (χ3n) is 5.51. The van der Waals surface area contributed by atoms with Gasteiger partial charge >= 0.3 is 5.97 Å². The van der Waals surface area contributed by atoms with Gasteiger partial charge < -0.3 is 18.9 Å². The van der Waals surface area contributed by atoms with Crippen LogP contribution < -0.4 is 4.74 Å². The van der Waals surface area contributed by atoms with Gasteiger partial charge in [0.2, 0.25) is 0 Å². The quantitative estimate of drug-likeness (QED) is 0.241. The van der Waals surface area contributed by atoms with Gasteiger partial charge in [0.15, 0.2) is 6.29 Å². The van der Waals surface area contributed by atoms with E-state index < -0.39 is 11.7 Å². The third kappa shape index (κ3) is 7.26. The predicted octanol–water partition coefficient (Wildman–Crippen LogP) is 5.12. The molecule has 0 aliphatic heterocycles. The maximum Gasteiger partial charge on any atom is 0.313 e. The smallest absolute Gasteiger partial charge is 0.313 e. The molecule has 0 spiro atoms. The Hall–Kier alpha value is -2.02. The minimum Gasteiger partial charge on any atom is -0.497 e. The van der Waals surface area contributed by atoms with Crippen LogP contribution in [0.1, 0.15) is 38.3 Å². The molecule has 0 fully saturated rings. The second-order valence-corrected chi connectivity index (χ2v) is 8.27. The van der Waals surface area contributed by atoms with E-state index in [2.05, 4.69) is 0 Å². The summed E-state index contributed by atoms with van der Waals surface area (Å²) in [5.41, 5.74) is 1.17. The van der Waals surface area contributed by atoms with Gasteiger partial charge in [-0.3, -0.25) is 4.79 Å². The SMILES string of the molecule is CCOC(=O)C(Cc1ccccc1)(CC(OCC)OCC)C(S)Cc1ccc(OC)cc1. The molecule has 2 aromatic carbocycles. The fourth-order valence-corrected chi connectivity index (χ4v) is 4.38. The van der Waals surface area contributed by atoms with Crippen molar-refractivity contribution >= 4 is 18.6 Å². The highest BCUT2D eigenvalue weighted by atomic mass is 32.1. The van der Waals surface area contributed by atoms with Crippen molar-refractivity contribution in [3.8, 4) is 5.75 Å². The normalized spacial score (nSPS) is 14.1. The summed E-state index contributed by atoms with van der Waals surface area (Å²) in [6.07, 6.45) is 0.896. The molecule has 0 heterocycles. The highest BCUT2D eigenvalue weighted by molar-refractivity contribution is 7.81. The van der Waals surface area contributed by atoms with Gasteiger partial charge in [0.05, 0.1) is 19.1 Å². The number of methoxy groups -OCH3 is 1. The molecule has 0 bridgehead atoms. The van der Waals surface area contributed by atoms with Crippen LogP contribution in [0.4, 0.5) is 0 Å². The molecule has 176 valence electrons. The number of carbonyl (C=O) groups is 1. The number of benzene rings is 2. The Kier molecular flexibility index (Phi) is 11.1. The van der Waals surface area contributed by atoms with Crippen LogP contribution in [0.15, 0.2) is 54.6 Å². The molecule has 0 amide bonds. The molecule has 0 aliphatic rings. The lowest BCUT2D eigenvalue weighted by Crippen LogP contribution is -2.47. The first-order chi connectivity index (χ1) is 15.5. The Labute approximate surface area is 197 Å². The molecule has 0 saturated heterocycles. The minimum atomic E-state index is -0.935. The van der Waals surface area contributed by atoms with Crippen LogP contribution in [-0.4, -0.2) is 44.4 Å². The summed E-state index contributed by atoms with van der Waals surface area (Å²) in [5.74, 6) is 0.514. The lowest BCUT2D eigenvalue weighted by Gasteiger charge is -2.39. The maximum absolute atomic E-state index is 13.5. The molecule has 2 rings (SSSR count). The highest BCUT2D eigenvalue weighted by Crippen LogP contribution is 2.40. The van der Waals surface area contributed by atoms with Crippen molar-refractivity contribution in [2.75, 3.05) is 26.9 Å². The molecule has 0 aromatic heterocycles. The zero-order valence-electron chi connectivity index (χ0n) is 19.6. The van der Waals surface area contributed by atoms with Gasteiger partial charge in [0.25, 0.3) is 0 Å². The van der Waals surface area contributed by atoms with Gasteiger partial charge in [-0.15, -0.1) is 0 Å². The number of rotatable bonds is 14. The second kappa shape index (κ2) is 13.5. The van der Waals surface area contributed by atoms with E-state index in [9.17, 15) is 4.79 Å². The predicted molar refractivity (Wildman–Crippen MR) is 130 cm³/mol. The number of hydrogen-bond acceptors (Lipinski definition) is 6. The van der Waals surface area contributed by atoms with Gasteiger partial charge in [0.1, 0.15) is 5.75 Å². The first-order valence-electron chi connectivity index (χ1n) is 11.2. The second-order valence-electron chi connectivity index (χ2n) is 7.65. The molecular formula is C26H36O5S. The minimum absolute atomic E-state index is 0.276. The number of ether oxygens (including phenoxy) is 4. The Balaban J connectivity index is 2.46. The molecule has 0 radical (unpaired) electrons. The van der Waals surface area contributed by atoms with E-state index in [0.717, 1.165) is 16.9 Å². The van der Waals surface area contributed by atoms with Crippen molar-refractivity contribution in [1.82, 2.24) is 0 Å². The summed E-state index contributed by atoms with van der Waals surface area (Å²) >= 11 is 5.00. The average Bonchev–Trinajstić information content (AvgIpc) is 2.80. The van der Waals surface area contributed by atoms with E-state index >= 15 is 0 Å². The van der Waals surface area contributed by atoms with Gasteiger partial charge in [-0.1, -0.05) is 42.5 Å². The van der Waals surface area contributed by atoms with Crippen LogP contribution in [0.25, 0.3) is 0 Å². The van der Waals surface area contributed by atoms with Crippen molar-refractivity contribution in [3.63, 3.8) is 0 Å². The van der Waals surface area contributed by atoms with Crippen molar-refractivity contribution in [2.45, 2.75) is 51.6 Å². The molecule has 2 unspecified atom stereocenters. The Morgan fingerprint density at radius 3 is 2.06 bits per heavy atom. The molecule has 2 atom stereocenters. The molecule has 0 N–H and O–H groups in total. The zero-order chi connectivity index (χ0) is 23.4. The van der Waals surface area contributed by atoms with E-state index in [1.807, 2.05) is 75.4 Å². The van der Waals surface area contributed by atoms with E-state index in [4.69, 9.17) is 31.6 Å². The fourth-order valence-electron chi connectivity index (χ4n) is 3.87. The van der Waals surface area contributed by atoms with E-state index in [1.165, 1.54) is 0 Å². The van der Waals surface area contributed by atoms with Crippen molar-refractivity contribution in [3.05, 3.63) is 65.7 Å². The number of hydrogen-bond donors (Lipinski definition) is 1. The average molecular weight is 461 g/mol. The number of carbonyl (C=O) groups excluding carboxylic acids is 1. The Morgan fingerprint density at radius 2 is 1.53 bits per heavy atom. The summed E-state index contributed by atoms with van der Waals surface area (Å²) in [5, 5.41) is -0.321. The van der Waals surface area contributed by atoms with Crippen LogP contribution in [-0.2, 0) is 31.8 Å². The number of thiol groups is 1. The Morgan fingerprint density at radius 1 is 0.906 bits per heavy atom. The summed E-state index contributed by atoms with van der Waals surface area (Å²) in [4.78, 5) is 13.5. The molecule has 6 heteroatoms. The van der Waals surface area contributed by atoms with Crippen LogP contribution in [0.3, 0.4) is 0 Å². The molecule has 32 heavy (non-hydrogen) atoms. The number of esters is 1.